The van der Waals surface area contributed by atoms with Crippen LogP contribution in [0, 0.1) is 0 Å². The zero-order valence-corrected chi connectivity index (χ0v) is 13.6. The summed E-state index contributed by atoms with van der Waals surface area (Å²) in [5.74, 6) is 3.43. The first kappa shape index (κ1) is 15.6. The van der Waals surface area contributed by atoms with Crippen molar-refractivity contribution in [3.8, 4) is 0 Å². The zero-order chi connectivity index (χ0) is 15.2. The van der Waals surface area contributed by atoms with Gasteiger partial charge in [-0.3, -0.25) is 4.79 Å². The van der Waals surface area contributed by atoms with E-state index >= 15 is 0 Å². The van der Waals surface area contributed by atoms with Gasteiger partial charge in [0, 0.05) is 55.8 Å². The molecule has 2 aliphatic rings. The van der Waals surface area contributed by atoms with Crippen LogP contribution >= 0.6 is 11.8 Å². The molecule has 2 aliphatic heterocycles. The van der Waals surface area contributed by atoms with Crippen molar-refractivity contribution in [3.05, 3.63) is 24.4 Å². The van der Waals surface area contributed by atoms with E-state index in [-0.39, 0.29) is 5.91 Å². The number of aromatic nitrogens is 1. The number of carbonyl (C=O) groups excluding carboxylic acids is 1. The van der Waals surface area contributed by atoms with E-state index < -0.39 is 0 Å². The third-order valence-corrected chi connectivity index (χ3v) is 5.39. The van der Waals surface area contributed by atoms with Crippen LogP contribution in [0.5, 0.6) is 0 Å². The Labute approximate surface area is 136 Å². The highest BCUT2D eigenvalue weighted by Crippen LogP contribution is 2.17. The fourth-order valence-electron chi connectivity index (χ4n) is 3.05. The molecule has 6 heteroatoms. The normalized spacial score (nSPS) is 23.3. The van der Waals surface area contributed by atoms with Crippen LogP contribution in [-0.2, 0) is 4.79 Å². The molecule has 22 heavy (non-hydrogen) atoms. The number of thioether (sulfide) groups is 1. The van der Waals surface area contributed by atoms with Crippen molar-refractivity contribution in [2.75, 3.05) is 36.0 Å². The Morgan fingerprint density at radius 1 is 1.41 bits per heavy atom. The number of amides is 1. The number of nitrogens with one attached hydrogen (secondary N) is 2. The van der Waals surface area contributed by atoms with E-state index in [1.165, 1.54) is 0 Å². The second-order valence-corrected chi connectivity index (χ2v) is 7.10. The molecule has 5 nitrogen and oxygen atoms in total. The van der Waals surface area contributed by atoms with Crippen LogP contribution in [0.2, 0.25) is 0 Å². The first-order valence-corrected chi connectivity index (χ1v) is 9.23. The van der Waals surface area contributed by atoms with Crippen molar-refractivity contribution >= 4 is 23.5 Å². The minimum Gasteiger partial charge on any atom is -0.356 e. The van der Waals surface area contributed by atoms with Gasteiger partial charge in [-0.2, -0.15) is 11.8 Å². The van der Waals surface area contributed by atoms with Crippen molar-refractivity contribution in [3.63, 3.8) is 0 Å². The van der Waals surface area contributed by atoms with E-state index in [2.05, 4.69) is 20.5 Å². The molecule has 2 fully saturated rings. The number of hydrogen-bond donors (Lipinski definition) is 2. The summed E-state index contributed by atoms with van der Waals surface area (Å²) in [5, 5.41) is 6.62. The summed E-state index contributed by atoms with van der Waals surface area (Å²) in [4.78, 5) is 18.8. The molecule has 1 amide bonds. The lowest BCUT2D eigenvalue weighted by atomic mass is 10.0. The van der Waals surface area contributed by atoms with Crippen molar-refractivity contribution < 1.29 is 4.79 Å². The van der Waals surface area contributed by atoms with Crippen LogP contribution in [0.3, 0.4) is 0 Å². The minimum absolute atomic E-state index is 0.191. The van der Waals surface area contributed by atoms with Gasteiger partial charge >= 0.3 is 0 Å². The lowest BCUT2D eigenvalue weighted by Gasteiger charge is -2.33. The highest BCUT2D eigenvalue weighted by atomic mass is 32.2. The average Bonchev–Trinajstić information content (AvgIpc) is 2.57. The number of piperidine rings is 1. The van der Waals surface area contributed by atoms with Gasteiger partial charge in [-0.25, -0.2) is 4.98 Å². The number of nitrogens with zero attached hydrogens (tertiary/aromatic N) is 2. The van der Waals surface area contributed by atoms with E-state index in [4.69, 9.17) is 0 Å². The van der Waals surface area contributed by atoms with Crippen molar-refractivity contribution in [2.24, 2.45) is 0 Å². The van der Waals surface area contributed by atoms with Crippen molar-refractivity contribution in [1.82, 2.24) is 15.6 Å². The van der Waals surface area contributed by atoms with Gasteiger partial charge in [0.05, 0.1) is 0 Å². The molecule has 0 bridgehead atoms. The Kier molecular flexibility index (Phi) is 5.56. The van der Waals surface area contributed by atoms with Crippen LogP contribution in [0.4, 0.5) is 5.82 Å². The van der Waals surface area contributed by atoms with E-state index in [1.807, 2.05) is 36.2 Å². The molecule has 0 aliphatic carbocycles. The number of hydrogen-bond acceptors (Lipinski definition) is 5. The second-order valence-electron chi connectivity index (χ2n) is 5.95. The first-order chi connectivity index (χ1) is 10.8. The van der Waals surface area contributed by atoms with Gasteiger partial charge in [0.25, 0.3) is 0 Å². The standard InChI is InChI=1S/C16H24N4OS/c21-16(11-14-12-22-10-7-17-14)19-13-4-8-20(9-5-13)15-3-1-2-6-18-15/h1-3,6,13-14,17H,4-5,7-12H2,(H,19,21). The van der Waals surface area contributed by atoms with Crippen LogP contribution in [0.15, 0.2) is 24.4 Å². The summed E-state index contributed by atoms with van der Waals surface area (Å²) in [6.07, 6.45) is 4.43. The molecule has 1 unspecified atom stereocenters. The van der Waals surface area contributed by atoms with E-state index in [0.717, 1.165) is 49.8 Å². The Bertz CT molecular complexity index is 470. The van der Waals surface area contributed by atoms with Gasteiger partial charge in [-0.15, -0.1) is 0 Å². The summed E-state index contributed by atoms with van der Waals surface area (Å²) < 4.78 is 0. The van der Waals surface area contributed by atoms with Crippen LogP contribution < -0.4 is 15.5 Å². The third-order valence-electron chi connectivity index (χ3n) is 4.26. The van der Waals surface area contributed by atoms with Gasteiger partial charge in [-0.05, 0) is 25.0 Å². The predicted octanol–water partition coefficient (Wildman–Crippen LogP) is 1.26. The summed E-state index contributed by atoms with van der Waals surface area (Å²) in [7, 11) is 0. The molecule has 3 heterocycles. The van der Waals surface area contributed by atoms with Gasteiger partial charge in [-0.1, -0.05) is 6.07 Å². The quantitative estimate of drug-likeness (QED) is 0.875. The number of rotatable bonds is 4. The van der Waals surface area contributed by atoms with Crippen molar-refractivity contribution in [2.45, 2.75) is 31.3 Å². The molecule has 3 rings (SSSR count). The monoisotopic (exact) mass is 320 g/mol. The third kappa shape index (κ3) is 4.36. The maximum absolute atomic E-state index is 12.1. The lowest BCUT2D eigenvalue weighted by molar-refractivity contribution is -0.122. The predicted molar refractivity (Wildman–Crippen MR) is 91.3 cm³/mol. The molecule has 0 saturated carbocycles. The van der Waals surface area contributed by atoms with Gasteiger partial charge in [0.1, 0.15) is 5.82 Å². The second kappa shape index (κ2) is 7.83. The molecule has 1 aromatic heterocycles. The molecular formula is C16H24N4OS. The smallest absolute Gasteiger partial charge is 0.221 e. The van der Waals surface area contributed by atoms with Crippen molar-refractivity contribution in [1.29, 1.82) is 0 Å². The molecule has 1 aromatic rings. The molecule has 0 spiro atoms. The number of carbonyl (C=O) groups is 1. The Morgan fingerprint density at radius 2 is 2.27 bits per heavy atom. The minimum atomic E-state index is 0.191. The van der Waals surface area contributed by atoms with E-state index in [0.29, 0.717) is 18.5 Å². The summed E-state index contributed by atoms with van der Waals surface area (Å²) in [6, 6.07) is 6.65. The maximum Gasteiger partial charge on any atom is 0.221 e. The molecule has 2 N–H and O–H groups in total. The Hall–Kier alpha value is -1.27. The molecule has 1 atom stereocenters. The van der Waals surface area contributed by atoms with Crippen LogP contribution in [0.25, 0.3) is 0 Å². The van der Waals surface area contributed by atoms with Gasteiger partial charge < -0.3 is 15.5 Å². The zero-order valence-electron chi connectivity index (χ0n) is 12.8. The largest absolute Gasteiger partial charge is 0.356 e. The van der Waals surface area contributed by atoms with E-state index in [1.54, 1.807) is 0 Å². The van der Waals surface area contributed by atoms with E-state index in [9.17, 15) is 4.79 Å². The fraction of sp³-hybridized carbons (Fsp3) is 0.625. The highest BCUT2D eigenvalue weighted by molar-refractivity contribution is 7.99. The SMILES string of the molecule is O=C(CC1CSCCN1)NC1CCN(c2ccccn2)CC1. The average molecular weight is 320 g/mol. The summed E-state index contributed by atoms with van der Waals surface area (Å²) >= 11 is 1.93. The molecule has 2 saturated heterocycles. The topological polar surface area (TPSA) is 57.3 Å². The Balaban J connectivity index is 1.41. The summed E-state index contributed by atoms with van der Waals surface area (Å²) in [5.41, 5.74) is 0. The fourth-order valence-corrected chi connectivity index (χ4v) is 4.00. The van der Waals surface area contributed by atoms with Crippen LogP contribution in [0.1, 0.15) is 19.3 Å². The number of anilines is 1. The molecule has 120 valence electrons. The molecule has 0 radical (unpaired) electrons. The molecular weight excluding hydrogens is 296 g/mol. The maximum atomic E-state index is 12.1. The Morgan fingerprint density at radius 3 is 2.95 bits per heavy atom. The lowest BCUT2D eigenvalue weighted by Crippen LogP contribution is -2.47. The van der Waals surface area contributed by atoms with Gasteiger partial charge in [0.2, 0.25) is 5.91 Å². The van der Waals surface area contributed by atoms with Gasteiger partial charge in [0.15, 0.2) is 0 Å². The first-order valence-electron chi connectivity index (χ1n) is 8.08. The number of pyridine rings is 1. The summed E-state index contributed by atoms with van der Waals surface area (Å²) in [6.45, 7) is 2.93. The van der Waals surface area contributed by atoms with Crippen LogP contribution in [-0.4, -0.2) is 54.1 Å². The molecule has 0 aromatic carbocycles. The highest BCUT2D eigenvalue weighted by Gasteiger charge is 2.23.